The third kappa shape index (κ3) is 3.42. The molecule has 0 amide bonds. The van der Waals surface area contributed by atoms with Gasteiger partial charge >= 0.3 is 29.6 Å². The molecule has 1 aromatic rings. The number of aromatic hydroxyl groups is 1. The van der Waals surface area contributed by atoms with E-state index in [1.807, 2.05) is 6.07 Å². The van der Waals surface area contributed by atoms with Crippen LogP contribution in [0.3, 0.4) is 0 Å². The second-order valence-electron chi connectivity index (χ2n) is 7.91. The summed E-state index contributed by atoms with van der Waals surface area (Å²) in [4.78, 5) is 0. The van der Waals surface area contributed by atoms with Gasteiger partial charge in [-0.1, -0.05) is 13.0 Å². The van der Waals surface area contributed by atoms with Crippen molar-refractivity contribution in [3.63, 3.8) is 0 Å². The van der Waals surface area contributed by atoms with Gasteiger partial charge in [-0.3, -0.25) is 4.18 Å². The number of phenolic OH excluding ortho intramolecular Hbond substituents is 1. The molecule has 3 aliphatic carbocycles. The topological polar surface area (TPSA) is 86.7 Å². The second kappa shape index (κ2) is 6.80. The Balaban J connectivity index is 0.00000182. The van der Waals surface area contributed by atoms with Gasteiger partial charge in [-0.2, -0.15) is 0 Å². The summed E-state index contributed by atoms with van der Waals surface area (Å²) < 4.78 is 38.2. The van der Waals surface area contributed by atoms with Crippen LogP contribution in [-0.2, 0) is 21.0 Å². The fraction of sp³-hybridized carbons (Fsp3) is 0.667. The first-order chi connectivity index (χ1) is 11.3. The van der Waals surface area contributed by atoms with Gasteiger partial charge in [-0.15, -0.1) is 0 Å². The summed E-state index contributed by atoms with van der Waals surface area (Å²) in [5.41, 5.74) is 2.35. The Morgan fingerprint density at radius 3 is 2.72 bits per heavy atom. The van der Waals surface area contributed by atoms with Gasteiger partial charge in [0.1, 0.15) is 5.75 Å². The van der Waals surface area contributed by atoms with Gasteiger partial charge in [0.2, 0.25) is 10.4 Å². The minimum absolute atomic E-state index is 0. The van der Waals surface area contributed by atoms with E-state index in [0.29, 0.717) is 29.9 Å². The Bertz CT molecular complexity index is 765. The summed E-state index contributed by atoms with van der Waals surface area (Å²) in [7, 11) is -4.66. The number of aryl methyl sites for hydroxylation is 1. The minimum Gasteiger partial charge on any atom is -0.726 e. The largest absolute Gasteiger partial charge is 1.00 e. The van der Waals surface area contributed by atoms with E-state index in [1.54, 1.807) is 6.07 Å². The maximum Gasteiger partial charge on any atom is 1.00 e. The van der Waals surface area contributed by atoms with Gasteiger partial charge in [0, 0.05) is 0 Å². The molecule has 3 aliphatic rings. The van der Waals surface area contributed by atoms with Gasteiger partial charge < -0.3 is 9.66 Å². The van der Waals surface area contributed by atoms with E-state index in [9.17, 15) is 18.1 Å². The van der Waals surface area contributed by atoms with Crippen LogP contribution in [0.2, 0.25) is 0 Å². The van der Waals surface area contributed by atoms with Crippen molar-refractivity contribution < 1.29 is 51.8 Å². The van der Waals surface area contributed by atoms with Crippen LogP contribution < -0.4 is 29.6 Å². The second-order valence-corrected chi connectivity index (χ2v) is 8.92. The van der Waals surface area contributed by atoms with Crippen molar-refractivity contribution in [2.45, 2.75) is 57.5 Å². The molecular weight excluding hydrogens is 351 g/mol. The molecule has 2 saturated carbocycles. The molecule has 0 radical (unpaired) electrons. The molecule has 4 rings (SSSR count). The van der Waals surface area contributed by atoms with Crippen LogP contribution in [0.1, 0.15) is 56.1 Å². The molecule has 5 nitrogen and oxygen atoms in total. The first-order valence-corrected chi connectivity index (χ1v) is 10.1. The van der Waals surface area contributed by atoms with Gasteiger partial charge in [0.15, 0.2) is 0 Å². The fourth-order valence-corrected chi connectivity index (χ4v) is 6.42. The predicted octanol–water partition coefficient (Wildman–Crippen LogP) is 0.0977. The Hall–Kier alpha value is -0.110. The van der Waals surface area contributed by atoms with Gasteiger partial charge in [-0.05, 0) is 85.0 Å². The third-order valence-corrected chi connectivity index (χ3v) is 7.33. The number of benzene rings is 1. The molecule has 0 unspecified atom stereocenters. The zero-order valence-corrected chi connectivity index (χ0v) is 17.6. The van der Waals surface area contributed by atoms with Gasteiger partial charge in [-0.25, -0.2) is 8.42 Å². The molecule has 0 spiro atoms. The average molecular weight is 374 g/mol. The van der Waals surface area contributed by atoms with Crippen LogP contribution in [0.5, 0.6) is 5.75 Å². The molecule has 0 saturated heterocycles. The van der Waals surface area contributed by atoms with Crippen molar-refractivity contribution in [2.24, 2.45) is 17.3 Å². The fourth-order valence-electron chi connectivity index (χ4n) is 5.82. The molecule has 2 fully saturated rings. The zero-order valence-electron chi connectivity index (χ0n) is 14.8. The number of fused-ring (bicyclic) bond motifs is 5. The van der Waals surface area contributed by atoms with Crippen molar-refractivity contribution in [3.8, 4) is 5.75 Å². The average Bonchev–Trinajstić information content (AvgIpc) is 2.82. The molecule has 0 bridgehead atoms. The van der Waals surface area contributed by atoms with E-state index in [2.05, 4.69) is 13.0 Å². The van der Waals surface area contributed by atoms with Crippen LogP contribution in [0, 0.1) is 17.3 Å². The van der Waals surface area contributed by atoms with Crippen molar-refractivity contribution in [1.29, 1.82) is 0 Å². The summed E-state index contributed by atoms with van der Waals surface area (Å²) in [6.45, 7) is 2.10. The molecule has 25 heavy (non-hydrogen) atoms. The maximum absolute atomic E-state index is 11.1. The standard InChI is InChI=1S/C18H24O5S.Na/c1-18-9-8-14-13-5-3-12(19)10-11(13)2-4-15(14)16(18)6-7-17(18)23-24(20,21)22;/h3,5,10,14-17,19H,2,4,6-9H2,1H3,(H,20,21,22);/q;+1/p-1/t14-,15-,16+,17+,18+;/m1./s1. The molecule has 5 atom stereocenters. The monoisotopic (exact) mass is 374 g/mol. The maximum atomic E-state index is 11.1. The summed E-state index contributed by atoms with van der Waals surface area (Å²) in [6.07, 6.45) is 4.95. The van der Waals surface area contributed by atoms with E-state index in [4.69, 9.17) is 4.18 Å². The molecular formula is C18H23NaO5S. The number of rotatable bonds is 2. The van der Waals surface area contributed by atoms with Crippen LogP contribution in [-0.4, -0.2) is 24.2 Å². The van der Waals surface area contributed by atoms with Gasteiger partial charge in [0.05, 0.1) is 6.10 Å². The molecule has 1 N–H and O–H groups in total. The van der Waals surface area contributed by atoms with E-state index in [-0.39, 0.29) is 35.0 Å². The van der Waals surface area contributed by atoms with Crippen LogP contribution in [0.25, 0.3) is 0 Å². The van der Waals surface area contributed by atoms with Crippen LogP contribution >= 0.6 is 0 Å². The molecule has 0 aliphatic heterocycles. The zero-order chi connectivity index (χ0) is 17.1. The van der Waals surface area contributed by atoms with Crippen molar-refractivity contribution in [2.75, 3.05) is 0 Å². The molecule has 1 aromatic carbocycles. The van der Waals surface area contributed by atoms with E-state index >= 15 is 0 Å². The Kier molecular flexibility index (Phi) is 5.35. The normalized spacial score (nSPS) is 36.7. The molecule has 132 valence electrons. The Morgan fingerprint density at radius 1 is 1.24 bits per heavy atom. The number of hydrogen-bond acceptors (Lipinski definition) is 5. The smallest absolute Gasteiger partial charge is 0.726 e. The summed E-state index contributed by atoms with van der Waals surface area (Å²) in [5, 5.41) is 9.72. The van der Waals surface area contributed by atoms with E-state index < -0.39 is 16.5 Å². The van der Waals surface area contributed by atoms with Gasteiger partial charge in [0.25, 0.3) is 0 Å². The molecule has 7 heteroatoms. The molecule has 0 aromatic heterocycles. The SMILES string of the molecule is C[C@]12CC[C@@H]3c4ccc(O)cc4CC[C@H]3[C@@H]1CC[C@@H]2OS(=O)(=O)[O-].[Na+]. The van der Waals surface area contributed by atoms with E-state index in [1.165, 1.54) is 11.1 Å². The Morgan fingerprint density at radius 2 is 2.00 bits per heavy atom. The minimum atomic E-state index is -4.66. The number of hydrogen-bond donors (Lipinski definition) is 1. The van der Waals surface area contributed by atoms with Crippen molar-refractivity contribution in [1.82, 2.24) is 0 Å². The third-order valence-electron chi connectivity index (χ3n) is 6.86. The van der Waals surface area contributed by atoms with E-state index in [0.717, 1.165) is 32.1 Å². The molecule has 0 heterocycles. The van der Waals surface area contributed by atoms with Crippen molar-refractivity contribution >= 4 is 10.4 Å². The van der Waals surface area contributed by atoms with Crippen LogP contribution in [0.15, 0.2) is 18.2 Å². The first-order valence-electron chi connectivity index (χ1n) is 8.74. The predicted molar refractivity (Wildman–Crippen MR) is 87.3 cm³/mol. The first kappa shape index (κ1) is 19.6. The van der Waals surface area contributed by atoms with Crippen molar-refractivity contribution in [3.05, 3.63) is 29.3 Å². The van der Waals surface area contributed by atoms with Crippen LogP contribution in [0.4, 0.5) is 0 Å². The summed E-state index contributed by atoms with van der Waals surface area (Å²) in [5.74, 6) is 1.69. The summed E-state index contributed by atoms with van der Waals surface area (Å²) >= 11 is 0. The quantitative estimate of drug-likeness (QED) is 0.451. The number of phenols is 1. The summed E-state index contributed by atoms with van der Waals surface area (Å²) in [6, 6.07) is 5.69. The Labute approximate surface area is 171 Å².